The van der Waals surface area contributed by atoms with E-state index in [1.165, 1.54) is 12.8 Å². The van der Waals surface area contributed by atoms with Gasteiger partial charge in [-0.2, -0.15) is 0 Å². The molecule has 154 valence electrons. The van der Waals surface area contributed by atoms with Crippen LogP contribution >= 0.6 is 0 Å². The van der Waals surface area contributed by atoms with Crippen LogP contribution < -0.4 is 0 Å². The second-order valence-electron chi connectivity index (χ2n) is 8.20. The molecule has 1 aliphatic carbocycles. The number of aryl methyl sites for hydroxylation is 1. The number of hydrogen-bond donors (Lipinski definition) is 0. The third-order valence-electron chi connectivity index (χ3n) is 5.92. The Balaban J connectivity index is 1.81. The molecular formula is C27H31N3. The maximum absolute atomic E-state index is 5.09. The van der Waals surface area contributed by atoms with Gasteiger partial charge in [0.2, 0.25) is 0 Å². The second-order valence-corrected chi connectivity index (χ2v) is 8.20. The molecule has 3 heteroatoms. The molecule has 0 bridgehead atoms. The molecule has 0 atom stereocenters. The third-order valence-corrected chi connectivity index (χ3v) is 5.92. The van der Waals surface area contributed by atoms with Gasteiger partial charge in [-0.1, -0.05) is 61.2 Å². The number of fused-ring (bicyclic) bond motifs is 1. The monoisotopic (exact) mass is 397 g/mol. The SMILES string of the molecule is C=C(C)c1ccc2c(c1)nc(/C(=C/C)N(CC1CC1)C(=C)c1ccccc1)n2CC. The maximum Gasteiger partial charge on any atom is 0.157 e. The molecule has 3 aromatic rings. The van der Waals surface area contributed by atoms with Crippen LogP contribution in [0.1, 0.15) is 50.6 Å². The molecule has 0 aliphatic heterocycles. The average Bonchev–Trinajstić information content (AvgIpc) is 3.51. The van der Waals surface area contributed by atoms with Crippen molar-refractivity contribution in [2.45, 2.75) is 40.2 Å². The Morgan fingerprint density at radius 1 is 1.13 bits per heavy atom. The van der Waals surface area contributed by atoms with Crippen molar-refractivity contribution in [1.29, 1.82) is 0 Å². The number of hydrogen-bond acceptors (Lipinski definition) is 2. The highest BCUT2D eigenvalue weighted by Crippen LogP contribution is 2.37. The van der Waals surface area contributed by atoms with Crippen molar-refractivity contribution in [3.8, 4) is 0 Å². The van der Waals surface area contributed by atoms with Crippen LogP contribution in [0, 0.1) is 5.92 Å². The number of nitrogens with zero attached hydrogens (tertiary/aromatic N) is 3. The fourth-order valence-corrected chi connectivity index (χ4v) is 4.02. The summed E-state index contributed by atoms with van der Waals surface area (Å²) in [7, 11) is 0. The number of benzene rings is 2. The Bertz CT molecular complexity index is 1110. The van der Waals surface area contributed by atoms with Gasteiger partial charge in [0.1, 0.15) is 0 Å². The van der Waals surface area contributed by atoms with Crippen molar-refractivity contribution < 1.29 is 0 Å². The number of allylic oxidation sites excluding steroid dienone is 2. The summed E-state index contributed by atoms with van der Waals surface area (Å²) in [5.74, 6) is 1.74. The lowest BCUT2D eigenvalue weighted by Crippen LogP contribution is -2.24. The first-order chi connectivity index (χ1) is 14.5. The van der Waals surface area contributed by atoms with Crippen LogP contribution in [0.3, 0.4) is 0 Å². The van der Waals surface area contributed by atoms with Gasteiger partial charge in [-0.25, -0.2) is 4.98 Å². The molecule has 0 radical (unpaired) electrons. The standard InChI is InChI=1S/C27H31N3/c1-6-25(30(18-21-13-14-21)20(5)22-11-9-8-10-12-22)27-28-24-17-23(19(3)4)15-16-26(24)29(27)7-2/h6,8-12,15-17,21H,3,5,7,13-14,18H2,1-2,4H3/b25-6-. The topological polar surface area (TPSA) is 21.1 Å². The number of rotatable bonds is 8. The summed E-state index contributed by atoms with van der Waals surface area (Å²) in [5.41, 5.74) is 7.70. The van der Waals surface area contributed by atoms with E-state index in [-0.39, 0.29) is 0 Å². The predicted molar refractivity (Wildman–Crippen MR) is 129 cm³/mol. The van der Waals surface area contributed by atoms with Crippen LogP contribution in [-0.4, -0.2) is 21.0 Å². The van der Waals surface area contributed by atoms with Crippen LogP contribution in [0.5, 0.6) is 0 Å². The van der Waals surface area contributed by atoms with Gasteiger partial charge in [0, 0.05) is 18.8 Å². The molecule has 1 aliphatic rings. The molecule has 0 saturated heterocycles. The normalized spacial score (nSPS) is 14.2. The van der Waals surface area contributed by atoms with E-state index in [1.807, 2.05) is 13.0 Å². The largest absolute Gasteiger partial charge is 0.338 e. The van der Waals surface area contributed by atoms with E-state index in [1.54, 1.807) is 0 Å². The van der Waals surface area contributed by atoms with E-state index in [0.29, 0.717) is 0 Å². The summed E-state index contributed by atoms with van der Waals surface area (Å²) in [6.07, 6.45) is 4.77. The zero-order chi connectivity index (χ0) is 21.3. The second kappa shape index (κ2) is 8.35. The predicted octanol–water partition coefficient (Wildman–Crippen LogP) is 6.83. The van der Waals surface area contributed by atoms with E-state index in [9.17, 15) is 0 Å². The Morgan fingerprint density at radius 3 is 2.47 bits per heavy atom. The van der Waals surface area contributed by atoms with Crippen LogP contribution in [0.4, 0.5) is 0 Å². The van der Waals surface area contributed by atoms with Gasteiger partial charge in [-0.15, -0.1) is 0 Å². The molecule has 0 unspecified atom stereocenters. The zero-order valence-corrected chi connectivity index (χ0v) is 18.4. The average molecular weight is 398 g/mol. The number of imidazole rings is 1. The third kappa shape index (κ3) is 3.85. The Kier molecular flexibility index (Phi) is 5.63. The number of aromatic nitrogens is 2. The van der Waals surface area contributed by atoms with Crippen molar-refractivity contribution in [3.05, 3.63) is 84.7 Å². The highest BCUT2D eigenvalue weighted by molar-refractivity contribution is 5.84. The van der Waals surface area contributed by atoms with Gasteiger partial charge in [-0.05, 0) is 62.8 Å². The Morgan fingerprint density at radius 2 is 1.87 bits per heavy atom. The fourth-order valence-electron chi connectivity index (χ4n) is 4.02. The van der Waals surface area contributed by atoms with Gasteiger partial charge >= 0.3 is 0 Å². The van der Waals surface area contributed by atoms with Gasteiger partial charge in [0.15, 0.2) is 5.82 Å². The molecule has 30 heavy (non-hydrogen) atoms. The van der Waals surface area contributed by atoms with Crippen molar-refractivity contribution in [1.82, 2.24) is 14.5 Å². The van der Waals surface area contributed by atoms with Crippen LogP contribution in [-0.2, 0) is 6.54 Å². The Labute approximate surface area is 180 Å². The van der Waals surface area contributed by atoms with Crippen molar-refractivity contribution in [2.75, 3.05) is 6.54 Å². The van der Waals surface area contributed by atoms with Gasteiger partial charge in [-0.3, -0.25) is 0 Å². The molecule has 4 rings (SSSR count). The van der Waals surface area contributed by atoms with E-state index in [2.05, 4.69) is 85.0 Å². The lowest BCUT2D eigenvalue weighted by Gasteiger charge is -2.29. The van der Waals surface area contributed by atoms with Crippen LogP contribution in [0.2, 0.25) is 0 Å². The Hall–Kier alpha value is -3.07. The highest BCUT2D eigenvalue weighted by atomic mass is 15.2. The molecule has 1 aromatic heterocycles. The lowest BCUT2D eigenvalue weighted by atomic mass is 10.1. The highest BCUT2D eigenvalue weighted by Gasteiger charge is 2.29. The fraction of sp³-hybridized carbons (Fsp3) is 0.296. The molecule has 2 aromatic carbocycles. The summed E-state index contributed by atoms with van der Waals surface area (Å²) in [5, 5.41) is 0. The molecule has 0 amide bonds. The van der Waals surface area contributed by atoms with Crippen molar-refractivity contribution >= 4 is 28.0 Å². The van der Waals surface area contributed by atoms with E-state index in [0.717, 1.165) is 64.0 Å². The first kappa shape index (κ1) is 20.2. The van der Waals surface area contributed by atoms with Crippen molar-refractivity contribution in [3.63, 3.8) is 0 Å². The van der Waals surface area contributed by atoms with Crippen LogP contribution in [0.25, 0.3) is 28.0 Å². The van der Waals surface area contributed by atoms with E-state index in [4.69, 9.17) is 4.98 Å². The van der Waals surface area contributed by atoms with E-state index >= 15 is 0 Å². The molecule has 1 fully saturated rings. The van der Waals surface area contributed by atoms with Gasteiger partial charge < -0.3 is 9.47 Å². The summed E-state index contributed by atoms with van der Waals surface area (Å²) in [4.78, 5) is 7.47. The summed E-state index contributed by atoms with van der Waals surface area (Å²) < 4.78 is 2.31. The quantitative estimate of drug-likeness (QED) is 0.415. The first-order valence-corrected chi connectivity index (χ1v) is 10.9. The lowest BCUT2D eigenvalue weighted by molar-refractivity contribution is 0.510. The molecule has 3 nitrogen and oxygen atoms in total. The molecule has 0 N–H and O–H groups in total. The van der Waals surface area contributed by atoms with Crippen molar-refractivity contribution in [2.24, 2.45) is 5.92 Å². The first-order valence-electron chi connectivity index (χ1n) is 10.9. The minimum atomic E-state index is 0.731. The summed E-state index contributed by atoms with van der Waals surface area (Å²) >= 11 is 0. The molecule has 0 spiro atoms. The van der Waals surface area contributed by atoms with E-state index < -0.39 is 0 Å². The molecule has 1 heterocycles. The minimum Gasteiger partial charge on any atom is -0.338 e. The summed E-state index contributed by atoms with van der Waals surface area (Å²) in [6.45, 7) is 16.7. The molecule has 1 saturated carbocycles. The molecular weight excluding hydrogens is 366 g/mol. The maximum atomic E-state index is 5.09. The summed E-state index contributed by atoms with van der Waals surface area (Å²) in [6, 6.07) is 16.9. The minimum absolute atomic E-state index is 0.731. The van der Waals surface area contributed by atoms with Gasteiger partial charge in [0.25, 0.3) is 0 Å². The zero-order valence-electron chi connectivity index (χ0n) is 18.4. The van der Waals surface area contributed by atoms with Crippen LogP contribution in [0.15, 0.2) is 67.8 Å². The van der Waals surface area contributed by atoms with Gasteiger partial charge in [0.05, 0.1) is 16.7 Å². The smallest absolute Gasteiger partial charge is 0.157 e.